The fraction of sp³-hybridized carbons (Fsp3) is 0.417. The zero-order chi connectivity index (χ0) is 14.0. The van der Waals surface area contributed by atoms with Crippen LogP contribution in [0.4, 0.5) is 10.1 Å². The van der Waals surface area contributed by atoms with E-state index in [1.54, 1.807) is 12.1 Å². The quantitative estimate of drug-likeness (QED) is 0.373. The van der Waals surface area contributed by atoms with Crippen LogP contribution in [0.1, 0.15) is 12.5 Å². The van der Waals surface area contributed by atoms with Gasteiger partial charge in [0.1, 0.15) is 0 Å². The van der Waals surface area contributed by atoms with Crippen molar-refractivity contribution in [3.05, 3.63) is 28.0 Å². The Kier molecular flexibility index (Phi) is 4.57. The van der Waals surface area contributed by atoms with Gasteiger partial charge in [0.15, 0.2) is 11.7 Å². The highest BCUT2D eigenvalue weighted by molar-refractivity contribution is 9.10. The van der Waals surface area contributed by atoms with Crippen LogP contribution in [0.25, 0.3) is 0 Å². The summed E-state index contributed by atoms with van der Waals surface area (Å²) in [6.07, 6.45) is 0. The SMILES string of the molecule is CC1CSCCN1c1ccc(/C(N)=N/O)c(Br)c1F. The third kappa shape index (κ3) is 2.81. The summed E-state index contributed by atoms with van der Waals surface area (Å²) in [5, 5.41) is 11.6. The van der Waals surface area contributed by atoms with Crippen LogP contribution in [-0.2, 0) is 0 Å². The third-order valence-electron chi connectivity index (χ3n) is 3.12. The van der Waals surface area contributed by atoms with Crippen LogP contribution < -0.4 is 10.6 Å². The van der Waals surface area contributed by atoms with E-state index in [4.69, 9.17) is 10.9 Å². The number of thioether (sulfide) groups is 1. The number of nitrogens with two attached hydrogens (primary N) is 1. The largest absolute Gasteiger partial charge is 0.409 e. The number of benzene rings is 1. The monoisotopic (exact) mass is 347 g/mol. The van der Waals surface area contributed by atoms with Gasteiger partial charge in [-0.3, -0.25) is 0 Å². The van der Waals surface area contributed by atoms with Crippen LogP contribution >= 0.6 is 27.7 Å². The van der Waals surface area contributed by atoms with Gasteiger partial charge < -0.3 is 15.8 Å². The minimum absolute atomic E-state index is 0.112. The molecular formula is C12H15BrFN3OS. The summed E-state index contributed by atoms with van der Waals surface area (Å²) >= 11 is 5.06. The number of anilines is 1. The molecule has 0 aromatic heterocycles. The maximum atomic E-state index is 14.4. The van der Waals surface area contributed by atoms with Gasteiger partial charge in [-0.2, -0.15) is 11.8 Å². The maximum Gasteiger partial charge on any atom is 0.171 e. The number of rotatable bonds is 2. The molecule has 19 heavy (non-hydrogen) atoms. The molecule has 1 aromatic carbocycles. The van der Waals surface area contributed by atoms with Gasteiger partial charge in [-0.1, -0.05) is 5.16 Å². The molecule has 4 nitrogen and oxygen atoms in total. The number of hydrogen-bond acceptors (Lipinski definition) is 4. The summed E-state index contributed by atoms with van der Waals surface area (Å²) in [5.41, 5.74) is 6.41. The van der Waals surface area contributed by atoms with Gasteiger partial charge in [0, 0.05) is 29.7 Å². The van der Waals surface area contributed by atoms with Crippen molar-refractivity contribution in [3.8, 4) is 0 Å². The minimum atomic E-state index is -0.372. The molecule has 0 bridgehead atoms. The number of nitrogens with zero attached hydrogens (tertiary/aromatic N) is 2. The van der Waals surface area contributed by atoms with Gasteiger partial charge in [0.05, 0.1) is 10.2 Å². The molecule has 0 spiro atoms. The van der Waals surface area contributed by atoms with Crippen LogP contribution in [0.5, 0.6) is 0 Å². The molecule has 0 aliphatic carbocycles. The van der Waals surface area contributed by atoms with E-state index in [1.165, 1.54) is 0 Å². The van der Waals surface area contributed by atoms with E-state index in [-0.39, 0.29) is 22.2 Å². The predicted molar refractivity (Wildman–Crippen MR) is 80.7 cm³/mol. The lowest BCUT2D eigenvalue weighted by molar-refractivity contribution is 0.318. The predicted octanol–water partition coefficient (Wildman–Crippen LogP) is 2.62. The molecule has 1 aliphatic rings. The molecule has 1 atom stereocenters. The lowest BCUT2D eigenvalue weighted by Gasteiger charge is -2.35. The van der Waals surface area contributed by atoms with Crippen molar-refractivity contribution >= 4 is 39.2 Å². The van der Waals surface area contributed by atoms with Crippen LogP contribution in [-0.4, -0.2) is 35.1 Å². The molecule has 1 aromatic rings. The molecular weight excluding hydrogens is 333 g/mol. The van der Waals surface area contributed by atoms with Crippen molar-refractivity contribution in [1.29, 1.82) is 0 Å². The first-order chi connectivity index (χ1) is 9.06. The van der Waals surface area contributed by atoms with E-state index >= 15 is 0 Å². The van der Waals surface area contributed by atoms with Crippen molar-refractivity contribution in [2.24, 2.45) is 10.9 Å². The summed E-state index contributed by atoms with van der Waals surface area (Å²) in [6, 6.07) is 3.63. The van der Waals surface area contributed by atoms with Gasteiger partial charge in [0.2, 0.25) is 0 Å². The second-order valence-electron chi connectivity index (χ2n) is 4.36. The second-order valence-corrected chi connectivity index (χ2v) is 6.31. The van der Waals surface area contributed by atoms with E-state index in [0.29, 0.717) is 11.3 Å². The molecule has 0 saturated carbocycles. The fourth-order valence-corrected chi connectivity index (χ4v) is 3.65. The lowest BCUT2D eigenvalue weighted by atomic mass is 10.1. The molecule has 3 N–H and O–H groups in total. The summed E-state index contributed by atoms with van der Waals surface area (Å²) in [6.45, 7) is 2.90. The van der Waals surface area contributed by atoms with Crippen molar-refractivity contribution < 1.29 is 9.60 Å². The van der Waals surface area contributed by atoms with E-state index < -0.39 is 0 Å². The molecule has 1 heterocycles. The van der Waals surface area contributed by atoms with E-state index in [0.717, 1.165) is 18.1 Å². The molecule has 7 heteroatoms. The normalized spacial score (nSPS) is 20.7. The average Bonchev–Trinajstić information content (AvgIpc) is 2.42. The van der Waals surface area contributed by atoms with Crippen molar-refractivity contribution in [2.75, 3.05) is 23.0 Å². The molecule has 0 amide bonds. The highest BCUT2D eigenvalue weighted by Crippen LogP contribution is 2.32. The number of halogens is 2. The van der Waals surface area contributed by atoms with Gasteiger partial charge in [-0.25, -0.2) is 4.39 Å². The van der Waals surface area contributed by atoms with Crippen LogP contribution in [0.3, 0.4) is 0 Å². The van der Waals surface area contributed by atoms with Crippen LogP contribution in [0.15, 0.2) is 21.8 Å². The highest BCUT2D eigenvalue weighted by atomic mass is 79.9. The maximum absolute atomic E-state index is 14.4. The Hall–Kier alpha value is -0.950. The van der Waals surface area contributed by atoms with Crippen molar-refractivity contribution in [1.82, 2.24) is 0 Å². The van der Waals surface area contributed by atoms with Crippen molar-refractivity contribution in [2.45, 2.75) is 13.0 Å². The van der Waals surface area contributed by atoms with Crippen LogP contribution in [0, 0.1) is 5.82 Å². The first-order valence-electron chi connectivity index (χ1n) is 5.86. The van der Waals surface area contributed by atoms with Gasteiger partial charge in [0.25, 0.3) is 0 Å². The Morgan fingerprint density at radius 3 is 3.00 bits per heavy atom. The van der Waals surface area contributed by atoms with Gasteiger partial charge >= 0.3 is 0 Å². The summed E-state index contributed by atoms with van der Waals surface area (Å²) in [5.74, 6) is 1.49. The molecule has 2 rings (SSSR count). The number of oxime groups is 1. The van der Waals surface area contributed by atoms with E-state index in [2.05, 4.69) is 28.0 Å². The summed E-state index contributed by atoms with van der Waals surface area (Å²) in [7, 11) is 0. The Morgan fingerprint density at radius 2 is 2.37 bits per heavy atom. The molecule has 1 saturated heterocycles. The molecule has 1 unspecified atom stereocenters. The second kappa shape index (κ2) is 6.00. The number of hydrogen-bond donors (Lipinski definition) is 2. The van der Waals surface area contributed by atoms with Crippen molar-refractivity contribution in [3.63, 3.8) is 0 Å². The zero-order valence-corrected chi connectivity index (χ0v) is 12.8. The zero-order valence-electron chi connectivity index (χ0n) is 10.4. The molecule has 104 valence electrons. The first-order valence-corrected chi connectivity index (χ1v) is 7.81. The third-order valence-corrected chi connectivity index (χ3v) is 5.09. The van der Waals surface area contributed by atoms with Crippen LogP contribution in [0.2, 0.25) is 0 Å². The van der Waals surface area contributed by atoms with Gasteiger partial charge in [-0.05, 0) is 35.0 Å². The van der Waals surface area contributed by atoms with E-state index in [9.17, 15) is 4.39 Å². The Balaban J connectivity index is 2.41. The average molecular weight is 348 g/mol. The summed E-state index contributed by atoms with van der Waals surface area (Å²) in [4.78, 5) is 2.05. The van der Waals surface area contributed by atoms with Gasteiger partial charge in [-0.15, -0.1) is 0 Å². The Labute approximate surface area is 124 Å². The number of amidine groups is 1. The lowest BCUT2D eigenvalue weighted by Crippen LogP contribution is -2.41. The topological polar surface area (TPSA) is 61.8 Å². The fourth-order valence-electron chi connectivity index (χ4n) is 2.10. The highest BCUT2D eigenvalue weighted by Gasteiger charge is 2.24. The molecule has 0 radical (unpaired) electrons. The first kappa shape index (κ1) is 14.5. The molecule has 1 aliphatic heterocycles. The Bertz CT molecular complexity index is 512. The summed E-state index contributed by atoms with van der Waals surface area (Å²) < 4.78 is 14.7. The standard InChI is InChI=1S/C12H15BrFN3OS/c1-7-6-19-5-4-17(7)9-3-2-8(12(15)16-18)10(13)11(9)14/h2-3,7,18H,4-6H2,1H3,(H2,15,16). The minimum Gasteiger partial charge on any atom is -0.409 e. The molecule has 1 fully saturated rings. The smallest absolute Gasteiger partial charge is 0.171 e. The van der Waals surface area contributed by atoms with E-state index in [1.807, 2.05) is 16.7 Å². The Morgan fingerprint density at radius 1 is 1.63 bits per heavy atom.